The predicted molar refractivity (Wildman–Crippen MR) is 82.1 cm³/mol. The van der Waals surface area contributed by atoms with Gasteiger partial charge in [0.2, 0.25) is 0 Å². The van der Waals surface area contributed by atoms with Crippen molar-refractivity contribution in [3.8, 4) is 11.5 Å². The number of hydrogen-bond donors (Lipinski definition) is 1. The van der Waals surface area contributed by atoms with Gasteiger partial charge in [0.25, 0.3) is 0 Å². The third kappa shape index (κ3) is 2.18. The highest BCUT2D eigenvalue weighted by Gasteiger charge is 2.08. The molecule has 0 amide bonds. The van der Waals surface area contributed by atoms with E-state index >= 15 is 0 Å². The molecular formula is C17H16N2O. The Morgan fingerprint density at radius 2 is 1.85 bits per heavy atom. The number of pyridine rings is 1. The second-order valence-electron chi connectivity index (χ2n) is 4.92. The number of hydrogen-bond acceptors (Lipinski definition) is 3. The zero-order valence-electron chi connectivity index (χ0n) is 11.6. The van der Waals surface area contributed by atoms with E-state index in [9.17, 15) is 0 Å². The Bertz CT molecular complexity index is 781. The van der Waals surface area contributed by atoms with Crippen molar-refractivity contribution in [1.82, 2.24) is 4.98 Å². The fourth-order valence-electron chi connectivity index (χ4n) is 2.18. The van der Waals surface area contributed by atoms with Gasteiger partial charge in [-0.1, -0.05) is 12.1 Å². The molecule has 3 aromatic rings. The number of nitrogen functional groups attached to an aromatic ring is 1. The van der Waals surface area contributed by atoms with Gasteiger partial charge in [-0.2, -0.15) is 0 Å². The molecule has 0 bridgehead atoms. The summed E-state index contributed by atoms with van der Waals surface area (Å²) in [5.41, 5.74) is 9.93. The Balaban J connectivity index is 2.07. The number of nitrogens with two attached hydrogens (primary N) is 1. The van der Waals surface area contributed by atoms with E-state index in [1.54, 1.807) is 6.20 Å². The number of aromatic nitrogens is 1. The van der Waals surface area contributed by atoms with Crippen LogP contribution in [0.25, 0.3) is 10.9 Å². The molecule has 0 atom stereocenters. The fraction of sp³-hybridized carbons (Fsp3) is 0.118. The number of ether oxygens (including phenoxy) is 1. The Morgan fingerprint density at radius 1 is 1.00 bits per heavy atom. The molecule has 0 fully saturated rings. The van der Waals surface area contributed by atoms with Crippen molar-refractivity contribution in [2.45, 2.75) is 13.8 Å². The monoisotopic (exact) mass is 264 g/mol. The first-order chi connectivity index (χ1) is 9.65. The van der Waals surface area contributed by atoms with Crippen LogP contribution in [0.4, 0.5) is 5.69 Å². The van der Waals surface area contributed by atoms with E-state index in [4.69, 9.17) is 10.5 Å². The molecule has 0 aliphatic rings. The van der Waals surface area contributed by atoms with Gasteiger partial charge in [0.15, 0.2) is 5.75 Å². The molecule has 1 aromatic heterocycles. The molecule has 3 heteroatoms. The van der Waals surface area contributed by atoms with E-state index in [-0.39, 0.29) is 0 Å². The first-order valence-electron chi connectivity index (χ1n) is 6.53. The van der Waals surface area contributed by atoms with E-state index in [1.807, 2.05) is 50.2 Å². The summed E-state index contributed by atoms with van der Waals surface area (Å²) in [4.78, 5) is 4.29. The molecule has 3 nitrogen and oxygen atoms in total. The van der Waals surface area contributed by atoms with E-state index in [1.165, 1.54) is 0 Å². The molecule has 100 valence electrons. The lowest BCUT2D eigenvalue weighted by molar-refractivity contribution is 0.481. The molecule has 0 saturated carbocycles. The highest BCUT2D eigenvalue weighted by atomic mass is 16.5. The third-order valence-corrected chi connectivity index (χ3v) is 3.35. The zero-order chi connectivity index (χ0) is 14.1. The van der Waals surface area contributed by atoms with Crippen molar-refractivity contribution in [1.29, 1.82) is 0 Å². The molecule has 2 N–H and O–H groups in total. The summed E-state index contributed by atoms with van der Waals surface area (Å²) in [6.07, 6.45) is 1.76. The molecule has 0 aliphatic heterocycles. The standard InChI is InChI=1S/C17H16N2O/c1-11-5-6-12(2)16(10-11)20-15-8-7-14-13(17(15)18)4-3-9-19-14/h3-10H,18H2,1-2H3. The van der Waals surface area contributed by atoms with E-state index in [0.29, 0.717) is 11.4 Å². The molecule has 20 heavy (non-hydrogen) atoms. The minimum Gasteiger partial charge on any atom is -0.455 e. The Morgan fingerprint density at radius 3 is 2.70 bits per heavy atom. The van der Waals surface area contributed by atoms with Gasteiger partial charge in [-0.15, -0.1) is 0 Å². The lowest BCUT2D eigenvalue weighted by Crippen LogP contribution is -1.95. The van der Waals surface area contributed by atoms with Crippen LogP contribution < -0.4 is 10.5 Å². The number of nitrogens with zero attached hydrogens (tertiary/aromatic N) is 1. The van der Waals surface area contributed by atoms with Crippen LogP contribution in [-0.2, 0) is 0 Å². The minimum atomic E-state index is 0.622. The van der Waals surface area contributed by atoms with Crippen LogP contribution in [0.2, 0.25) is 0 Å². The number of anilines is 1. The molecule has 0 saturated heterocycles. The number of rotatable bonds is 2. The summed E-state index contributed by atoms with van der Waals surface area (Å²) in [7, 11) is 0. The van der Waals surface area contributed by atoms with Crippen LogP contribution in [0.5, 0.6) is 11.5 Å². The highest BCUT2D eigenvalue weighted by Crippen LogP contribution is 2.34. The van der Waals surface area contributed by atoms with Crippen LogP contribution in [0.3, 0.4) is 0 Å². The summed E-state index contributed by atoms with van der Waals surface area (Å²) < 4.78 is 5.98. The average Bonchev–Trinajstić information content (AvgIpc) is 2.46. The number of aryl methyl sites for hydroxylation is 2. The van der Waals surface area contributed by atoms with Gasteiger partial charge in [0.1, 0.15) is 5.75 Å². The van der Waals surface area contributed by atoms with Crippen molar-refractivity contribution >= 4 is 16.6 Å². The quantitative estimate of drug-likeness (QED) is 0.705. The molecule has 2 aromatic carbocycles. The summed E-state index contributed by atoms with van der Waals surface area (Å²) in [5.74, 6) is 1.50. The maximum atomic E-state index is 6.19. The highest BCUT2D eigenvalue weighted by molar-refractivity contribution is 5.93. The Labute approximate surface area is 118 Å². The van der Waals surface area contributed by atoms with Gasteiger partial charge in [0.05, 0.1) is 11.2 Å². The molecule has 0 unspecified atom stereocenters. The first kappa shape index (κ1) is 12.5. The van der Waals surface area contributed by atoms with Crippen molar-refractivity contribution < 1.29 is 4.74 Å². The summed E-state index contributed by atoms with van der Waals surface area (Å²) in [6, 6.07) is 13.7. The van der Waals surface area contributed by atoms with Crippen LogP contribution in [0.15, 0.2) is 48.7 Å². The van der Waals surface area contributed by atoms with Crippen molar-refractivity contribution in [2.24, 2.45) is 0 Å². The SMILES string of the molecule is Cc1ccc(C)c(Oc2ccc3ncccc3c2N)c1. The van der Waals surface area contributed by atoms with E-state index in [2.05, 4.69) is 11.1 Å². The van der Waals surface area contributed by atoms with Crippen LogP contribution >= 0.6 is 0 Å². The first-order valence-corrected chi connectivity index (χ1v) is 6.53. The zero-order valence-corrected chi connectivity index (χ0v) is 11.6. The fourth-order valence-corrected chi connectivity index (χ4v) is 2.18. The number of benzene rings is 2. The maximum absolute atomic E-state index is 6.19. The van der Waals surface area contributed by atoms with Crippen molar-refractivity contribution in [3.63, 3.8) is 0 Å². The Hall–Kier alpha value is -2.55. The largest absolute Gasteiger partial charge is 0.455 e. The summed E-state index contributed by atoms with van der Waals surface area (Å²) in [5, 5.41) is 0.912. The lowest BCUT2D eigenvalue weighted by atomic mass is 10.1. The average molecular weight is 264 g/mol. The Kier molecular flexibility index (Phi) is 3.03. The van der Waals surface area contributed by atoms with Crippen LogP contribution in [0, 0.1) is 13.8 Å². The minimum absolute atomic E-state index is 0.622. The molecule has 1 heterocycles. The van der Waals surface area contributed by atoms with E-state index in [0.717, 1.165) is 27.8 Å². The molecule has 0 radical (unpaired) electrons. The van der Waals surface area contributed by atoms with Gasteiger partial charge in [0, 0.05) is 11.6 Å². The van der Waals surface area contributed by atoms with Gasteiger partial charge >= 0.3 is 0 Å². The predicted octanol–water partition coefficient (Wildman–Crippen LogP) is 4.23. The third-order valence-electron chi connectivity index (χ3n) is 3.35. The maximum Gasteiger partial charge on any atom is 0.151 e. The summed E-state index contributed by atoms with van der Waals surface area (Å²) >= 11 is 0. The molecule has 3 rings (SSSR count). The normalized spacial score (nSPS) is 10.7. The second-order valence-corrected chi connectivity index (χ2v) is 4.92. The van der Waals surface area contributed by atoms with Gasteiger partial charge in [-0.3, -0.25) is 4.98 Å². The van der Waals surface area contributed by atoms with Gasteiger partial charge in [-0.25, -0.2) is 0 Å². The van der Waals surface area contributed by atoms with E-state index < -0.39 is 0 Å². The molecule has 0 aliphatic carbocycles. The van der Waals surface area contributed by atoms with Gasteiger partial charge in [-0.05, 0) is 55.3 Å². The molecular weight excluding hydrogens is 248 g/mol. The smallest absolute Gasteiger partial charge is 0.151 e. The van der Waals surface area contributed by atoms with Crippen molar-refractivity contribution in [3.05, 3.63) is 59.8 Å². The summed E-state index contributed by atoms with van der Waals surface area (Å²) in [6.45, 7) is 4.06. The van der Waals surface area contributed by atoms with Crippen molar-refractivity contribution in [2.75, 3.05) is 5.73 Å². The lowest BCUT2D eigenvalue weighted by Gasteiger charge is -2.12. The number of fused-ring (bicyclic) bond motifs is 1. The topological polar surface area (TPSA) is 48.1 Å². The molecule has 0 spiro atoms. The van der Waals surface area contributed by atoms with Crippen LogP contribution in [0.1, 0.15) is 11.1 Å². The van der Waals surface area contributed by atoms with Gasteiger partial charge < -0.3 is 10.5 Å². The second kappa shape index (κ2) is 4.85. The van der Waals surface area contributed by atoms with Crippen LogP contribution in [-0.4, -0.2) is 4.98 Å².